The molecule has 0 aliphatic rings. The second kappa shape index (κ2) is 13.5. The predicted octanol–water partition coefficient (Wildman–Crippen LogP) is 4.27. The van der Waals surface area contributed by atoms with E-state index >= 15 is 0 Å². The molecule has 0 aliphatic heterocycles. The van der Waals surface area contributed by atoms with E-state index in [0.717, 1.165) is 35.4 Å². The van der Waals surface area contributed by atoms with Crippen molar-refractivity contribution in [3.8, 4) is 28.5 Å². The van der Waals surface area contributed by atoms with Crippen molar-refractivity contribution in [1.29, 1.82) is 0 Å². The van der Waals surface area contributed by atoms with Crippen molar-refractivity contribution in [3.63, 3.8) is 0 Å². The maximum Gasteiger partial charge on any atom is 0.281 e. The number of anilines is 2. The van der Waals surface area contributed by atoms with Gasteiger partial charge in [-0.3, -0.25) is 28.1 Å². The SMILES string of the molecule is CCCn1c(Cl)nc2nc(-c3cnn(C)c3)[nH]c2c1=O.CCCn1c(Nc2ccc(OC)cc2)nc2nc(-c3cnn(C)c3)[nH]c2c1=O. The van der Waals surface area contributed by atoms with Crippen LogP contribution in [0.15, 0.2) is 58.6 Å². The molecule has 3 N–H and O–H groups in total. The topological polar surface area (TPSA) is 184 Å². The van der Waals surface area contributed by atoms with E-state index in [1.54, 1.807) is 33.4 Å². The first kappa shape index (κ1) is 32.2. The summed E-state index contributed by atoms with van der Waals surface area (Å²) in [7, 11) is 5.26. The number of ether oxygens (including phenoxy) is 1. The molecule has 0 amide bonds. The number of hydrogen-bond acceptors (Lipinski definition) is 10. The lowest BCUT2D eigenvalue weighted by Gasteiger charge is -2.13. The second-order valence-electron chi connectivity index (χ2n) is 11.0. The van der Waals surface area contributed by atoms with E-state index < -0.39 is 0 Å². The fraction of sp³-hybridized carbons (Fsp3) is 0.290. The highest BCUT2D eigenvalue weighted by Crippen LogP contribution is 2.22. The molecule has 0 unspecified atom stereocenters. The van der Waals surface area contributed by atoms with Gasteiger partial charge in [-0.1, -0.05) is 13.8 Å². The van der Waals surface area contributed by atoms with Crippen LogP contribution < -0.4 is 21.2 Å². The van der Waals surface area contributed by atoms with Crippen molar-refractivity contribution >= 4 is 45.6 Å². The van der Waals surface area contributed by atoms with Crippen LogP contribution >= 0.6 is 11.6 Å². The van der Waals surface area contributed by atoms with E-state index in [2.05, 4.69) is 45.4 Å². The van der Waals surface area contributed by atoms with Gasteiger partial charge in [-0.15, -0.1) is 0 Å². The molecule has 0 spiro atoms. The Morgan fingerprint density at radius 2 is 1.29 bits per heavy atom. The Bertz CT molecular complexity index is 2330. The third-order valence-electron chi connectivity index (χ3n) is 7.37. The van der Waals surface area contributed by atoms with Crippen molar-refractivity contribution in [1.82, 2.24) is 58.6 Å². The van der Waals surface area contributed by atoms with Crippen LogP contribution in [0.5, 0.6) is 5.75 Å². The smallest absolute Gasteiger partial charge is 0.281 e. The van der Waals surface area contributed by atoms with Gasteiger partial charge in [-0.25, -0.2) is 9.97 Å². The van der Waals surface area contributed by atoms with Crippen molar-refractivity contribution in [3.05, 3.63) is 75.0 Å². The van der Waals surface area contributed by atoms with Crippen LogP contribution in [0.2, 0.25) is 5.28 Å². The summed E-state index contributed by atoms with van der Waals surface area (Å²) in [6, 6.07) is 7.44. The zero-order valence-corrected chi connectivity index (χ0v) is 27.8. The lowest BCUT2D eigenvalue weighted by Crippen LogP contribution is -2.24. The molecule has 0 saturated carbocycles. The quantitative estimate of drug-likeness (QED) is 0.187. The number of nitrogens with one attached hydrogen (secondary N) is 3. The van der Waals surface area contributed by atoms with E-state index in [4.69, 9.17) is 16.3 Å². The molecule has 0 atom stereocenters. The predicted molar refractivity (Wildman–Crippen MR) is 183 cm³/mol. The monoisotopic (exact) mass is 671 g/mol. The van der Waals surface area contributed by atoms with Crippen molar-refractivity contribution in [2.45, 2.75) is 39.8 Å². The van der Waals surface area contributed by atoms with Gasteiger partial charge in [-0.05, 0) is 48.7 Å². The van der Waals surface area contributed by atoms with Crippen LogP contribution in [-0.2, 0) is 27.2 Å². The number of aryl methyl sites for hydroxylation is 2. The number of aromatic nitrogens is 12. The summed E-state index contributed by atoms with van der Waals surface area (Å²) in [6.07, 6.45) is 8.61. The normalized spacial score (nSPS) is 11.2. The molecular weight excluding hydrogens is 638 g/mol. The van der Waals surface area contributed by atoms with Crippen LogP contribution in [0.3, 0.4) is 0 Å². The van der Waals surface area contributed by atoms with Gasteiger partial charge in [0.2, 0.25) is 11.2 Å². The zero-order chi connectivity index (χ0) is 33.9. The minimum absolute atomic E-state index is 0.161. The average Bonchev–Trinajstić information content (AvgIpc) is 3.89. The molecule has 0 radical (unpaired) electrons. The average molecular weight is 672 g/mol. The molecule has 48 heavy (non-hydrogen) atoms. The van der Waals surface area contributed by atoms with Gasteiger partial charge < -0.3 is 20.0 Å². The van der Waals surface area contributed by atoms with Crippen LogP contribution in [0.4, 0.5) is 11.6 Å². The first-order valence-electron chi connectivity index (χ1n) is 15.2. The molecule has 0 bridgehead atoms. The Morgan fingerprint density at radius 1 is 0.771 bits per heavy atom. The van der Waals surface area contributed by atoms with Gasteiger partial charge in [0.25, 0.3) is 11.1 Å². The van der Waals surface area contributed by atoms with Gasteiger partial charge in [0, 0.05) is 45.3 Å². The van der Waals surface area contributed by atoms with Gasteiger partial charge in [-0.2, -0.15) is 20.2 Å². The van der Waals surface area contributed by atoms with E-state index in [1.807, 2.05) is 64.6 Å². The number of H-pyrrole nitrogens is 2. The van der Waals surface area contributed by atoms with Crippen molar-refractivity contribution < 1.29 is 4.74 Å². The second-order valence-corrected chi connectivity index (χ2v) is 11.3. The molecular formula is C31H34ClN13O3. The summed E-state index contributed by atoms with van der Waals surface area (Å²) in [6.45, 7) is 5.06. The maximum absolute atomic E-state index is 13.1. The molecule has 6 heterocycles. The van der Waals surface area contributed by atoms with Gasteiger partial charge in [0.05, 0.1) is 30.6 Å². The third-order valence-corrected chi connectivity index (χ3v) is 7.66. The summed E-state index contributed by atoms with van der Waals surface area (Å²) >= 11 is 6.03. The van der Waals surface area contributed by atoms with Gasteiger partial charge in [0.15, 0.2) is 22.3 Å². The number of rotatable bonds is 9. The number of nitrogens with zero attached hydrogens (tertiary/aromatic N) is 10. The molecule has 7 aromatic rings. The summed E-state index contributed by atoms with van der Waals surface area (Å²) in [5.41, 5.74) is 3.47. The summed E-state index contributed by atoms with van der Waals surface area (Å²) < 4.78 is 11.6. The number of aromatic amines is 2. The number of benzene rings is 1. The molecule has 17 heteroatoms. The van der Waals surface area contributed by atoms with Crippen molar-refractivity contribution in [2.24, 2.45) is 14.1 Å². The lowest BCUT2D eigenvalue weighted by atomic mass is 10.3. The number of fused-ring (bicyclic) bond motifs is 2. The molecule has 6 aromatic heterocycles. The number of halogens is 1. The number of methoxy groups -OCH3 is 1. The Hall–Kier alpha value is -5.77. The van der Waals surface area contributed by atoms with Gasteiger partial charge in [0.1, 0.15) is 17.4 Å². The van der Waals surface area contributed by atoms with Crippen LogP contribution in [0.1, 0.15) is 26.7 Å². The lowest BCUT2D eigenvalue weighted by molar-refractivity contribution is 0.415. The molecule has 16 nitrogen and oxygen atoms in total. The Labute approximate surface area is 278 Å². The minimum Gasteiger partial charge on any atom is -0.497 e. The number of hydrogen-bond donors (Lipinski definition) is 3. The highest BCUT2D eigenvalue weighted by atomic mass is 35.5. The number of imidazole rings is 2. The molecule has 7 rings (SSSR count). The molecule has 1 aromatic carbocycles. The van der Waals surface area contributed by atoms with Gasteiger partial charge >= 0.3 is 0 Å². The van der Waals surface area contributed by atoms with E-state index in [9.17, 15) is 9.59 Å². The largest absolute Gasteiger partial charge is 0.497 e. The van der Waals surface area contributed by atoms with E-state index in [1.165, 1.54) is 4.57 Å². The van der Waals surface area contributed by atoms with E-state index in [0.29, 0.717) is 53.0 Å². The zero-order valence-electron chi connectivity index (χ0n) is 27.0. The highest BCUT2D eigenvalue weighted by molar-refractivity contribution is 6.28. The first-order chi connectivity index (χ1) is 23.2. The molecule has 0 fully saturated rings. The molecule has 248 valence electrons. The Morgan fingerprint density at radius 3 is 1.79 bits per heavy atom. The van der Waals surface area contributed by atoms with Crippen LogP contribution in [0.25, 0.3) is 45.1 Å². The Kier molecular flexibility index (Phi) is 9.07. The summed E-state index contributed by atoms with van der Waals surface area (Å²) in [4.78, 5) is 49.0. The van der Waals surface area contributed by atoms with Crippen molar-refractivity contribution in [2.75, 3.05) is 12.4 Å². The molecule has 0 aliphatic carbocycles. The fourth-order valence-corrected chi connectivity index (χ4v) is 5.30. The minimum atomic E-state index is -0.204. The Balaban J connectivity index is 0.000000177. The van der Waals surface area contributed by atoms with E-state index in [-0.39, 0.29) is 16.4 Å². The standard InChI is InChI=1S/C19H21N7O2.C12H13ClN6O/c1-4-9-26-18(27)15-17(23-16(22-15)12-10-20-25(2)11-12)24-19(26)21-13-5-7-14(28-3)8-6-13;1-3-4-19-11(20)8-10(17-12(19)13)16-9(15-8)7-5-14-18(2)6-7/h5-8,10-11H,4,9H2,1-3H3,(H,21,24)(H,22,23);5-6H,3-4H2,1-2H3,(H,15,16). The maximum atomic E-state index is 13.1. The first-order valence-corrected chi connectivity index (χ1v) is 15.6. The highest BCUT2D eigenvalue weighted by Gasteiger charge is 2.17. The van der Waals surface area contributed by atoms with Crippen LogP contribution in [0, 0.1) is 0 Å². The fourth-order valence-electron chi connectivity index (χ4n) is 5.05. The molecule has 0 saturated heterocycles. The summed E-state index contributed by atoms with van der Waals surface area (Å²) in [5, 5.41) is 11.6. The third kappa shape index (κ3) is 6.42. The van der Waals surface area contributed by atoms with Crippen LogP contribution in [-0.4, -0.2) is 65.7 Å². The summed E-state index contributed by atoms with van der Waals surface area (Å²) in [5.74, 6) is 2.34.